The van der Waals surface area contributed by atoms with Crippen molar-refractivity contribution in [2.24, 2.45) is 5.92 Å². The van der Waals surface area contributed by atoms with Crippen molar-refractivity contribution in [3.8, 4) is 22.6 Å². The minimum Gasteiger partial charge on any atom is -0.505 e. The monoisotopic (exact) mass is 366 g/mol. The van der Waals surface area contributed by atoms with E-state index in [-0.39, 0.29) is 18.0 Å². The molecule has 1 unspecified atom stereocenters. The lowest BCUT2D eigenvalue weighted by Gasteiger charge is -2.09. The summed E-state index contributed by atoms with van der Waals surface area (Å²) in [6.07, 6.45) is 4.89. The van der Waals surface area contributed by atoms with Crippen molar-refractivity contribution in [2.45, 2.75) is 6.92 Å². The van der Waals surface area contributed by atoms with Crippen LogP contribution in [0.2, 0.25) is 0 Å². The molecule has 0 saturated carbocycles. The van der Waals surface area contributed by atoms with Gasteiger partial charge in [-0.15, -0.1) is 0 Å². The van der Waals surface area contributed by atoms with Gasteiger partial charge in [0, 0.05) is 30.1 Å². The highest BCUT2D eigenvalue weighted by Crippen LogP contribution is 2.25. The van der Waals surface area contributed by atoms with Crippen LogP contribution in [0.25, 0.3) is 16.8 Å². The summed E-state index contributed by atoms with van der Waals surface area (Å²) in [4.78, 5) is 26.9. The minimum absolute atomic E-state index is 0.0547. The Morgan fingerprint density at radius 2 is 1.93 bits per heavy atom. The van der Waals surface area contributed by atoms with E-state index >= 15 is 0 Å². The minimum atomic E-state index is -1.02. The van der Waals surface area contributed by atoms with Crippen molar-refractivity contribution in [1.29, 1.82) is 0 Å². The fourth-order valence-electron chi connectivity index (χ4n) is 2.40. The summed E-state index contributed by atoms with van der Waals surface area (Å²) < 4.78 is 1.69. The number of carbonyl (C=O) groups excluding carboxylic acids is 1. The second-order valence-electron chi connectivity index (χ2n) is 6.05. The van der Waals surface area contributed by atoms with Crippen LogP contribution in [-0.4, -0.2) is 43.4 Å². The third-order valence-electron chi connectivity index (χ3n) is 4.01. The number of carbonyl (C=O) groups is 2. The zero-order valence-corrected chi connectivity index (χ0v) is 14.5. The van der Waals surface area contributed by atoms with Crippen molar-refractivity contribution in [1.82, 2.24) is 20.1 Å². The smallest absolute Gasteiger partial charge is 0.308 e. The van der Waals surface area contributed by atoms with Crippen LogP contribution in [-0.2, 0) is 4.79 Å². The van der Waals surface area contributed by atoms with Crippen molar-refractivity contribution in [3.63, 3.8) is 0 Å². The molecule has 3 aromatic rings. The number of hydrogen-bond acceptors (Lipinski definition) is 5. The Hall–Kier alpha value is -3.68. The Morgan fingerprint density at radius 3 is 2.59 bits per heavy atom. The topological polar surface area (TPSA) is 117 Å². The van der Waals surface area contributed by atoms with E-state index in [1.54, 1.807) is 17.1 Å². The predicted octanol–water partition coefficient (Wildman–Crippen LogP) is 2.09. The second kappa shape index (κ2) is 7.69. The first-order chi connectivity index (χ1) is 13.0. The molecule has 1 atom stereocenters. The van der Waals surface area contributed by atoms with Crippen LogP contribution >= 0.6 is 0 Å². The van der Waals surface area contributed by atoms with Crippen LogP contribution in [0.1, 0.15) is 17.4 Å². The molecule has 8 nitrogen and oxygen atoms in total. The number of aromatic nitrogens is 3. The van der Waals surface area contributed by atoms with Gasteiger partial charge in [-0.2, -0.15) is 5.10 Å². The van der Waals surface area contributed by atoms with E-state index in [1.807, 2.05) is 30.3 Å². The number of aliphatic carboxylic acids is 1. The number of carboxylic acids is 1. The third kappa shape index (κ3) is 4.12. The molecule has 2 heterocycles. The summed E-state index contributed by atoms with van der Waals surface area (Å²) in [6.45, 7) is 1.42. The van der Waals surface area contributed by atoms with Crippen LogP contribution in [0.15, 0.2) is 55.0 Å². The molecule has 0 saturated heterocycles. The first kappa shape index (κ1) is 18.1. The molecule has 3 rings (SSSR count). The quantitative estimate of drug-likeness (QED) is 0.615. The van der Waals surface area contributed by atoms with Crippen LogP contribution in [0.5, 0.6) is 5.75 Å². The van der Waals surface area contributed by atoms with Gasteiger partial charge in [0.05, 0.1) is 17.8 Å². The lowest BCUT2D eigenvalue weighted by molar-refractivity contribution is -0.140. The van der Waals surface area contributed by atoms with Gasteiger partial charge in [0.25, 0.3) is 5.91 Å². The average molecular weight is 366 g/mol. The van der Waals surface area contributed by atoms with Gasteiger partial charge in [0.15, 0.2) is 5.69 Å². The molecule has 1 aromatic carbocycles. The second-order valence-corrected chi connectivity index (χ2v) is 6.05. The standard InChI is InChI=1S/C19H18N4O4/c1-12(19(26)27)8-21-18(25)17-16(24)7-13(9-20-17)14-10-22-23(11-14)15-5-3-2-4-6-15/h2-7,9-12,24H,8H2,1H3,(H,21,25)(H,26,27). The predicted molar refractivity (Wildman–Crippen MR) is 97.6 cm³/mol. The average Bonchev–Trinajstić information content (AvgIpc) is 3.16. The molecule has 27 heavy (non-hydrogen) atoms. The highest BCUT2D eigenvalue weighted by atomic mass is 16.4. The van der Waals surface area contributed by atoms with E-state index in [1.165, 1.54) is 19.2 Å². The zero-order chi connectivity index (χ0) is 19.4. The van der Waals surface area contributed by atoms with Gasteiger partial charge in [0.1, 0.15) is 5.75 Å². The Balaban J connectivity index is 1.76. The van der Waals surface area contributed by atoms with E-state index in [0.29, 0.717) is 5.56 Å². The van der Waals surface area contributed by atoms with Crippen molar-refractivity contribution >= 4 is 11.9 Å². The molecule has 0 aliphatic heterocycles. The molecular formula is C19H18N4O4. The third-order valence-corrected chi connectivity index (χ3v) is 4.01. The number of carboxylic acid groups (broad SMARTS) is 1. The van der Waals surface area contributed by atoms with E-state index in [4.69, 9.17) is 5.11 Å². The largest absolute Gasteiger partial charge is 0.505 e. The molecule has 0 aliphatic carbocycles. The van der Waals surface area contributed by atoms with Gasteiger partial charge < -0.3 is 15.5 Å². The highest BCUT2D eigenvalue weighted by Gasteiger charge is 2.17. The number of rotatable bonds is 6. The zero-order valence-electron chi connectivity index (χ0n) is 14.5. The maximum absolute atomic E-state index is 12.1. The summed E-state index contributed by atoms with van der Waals surface area (Å²) in [5.41, 5.74) is 2.06. The van der Waals surface area contributed by atoms with Gasteiger partial charge in [-0.3, -0.25) is 9.59 Å². The van der Waals surface area contributed by atoms with E-state index < -0.39 is 17.8 Å². The Morgan fingerprint density at radius 1 is 1.19 bits per heavy atom. The normalized spacial score (nSPS) is 11.7. The molecule has 0 aliphatic rings. The molecule has 0 spiro atoms. The number of amides is 1. The number of benzene rings is 1. The van der Waals surface area contributed by atoms with Crippen LogP contribution < -0.4 is 5.32 Å². The van der Waals surface area contributed by atoms with Crippen molar-refractivity contribution in [2.75, 3.05) is 6.54 Å². The number of nitrogens with one attached hydrogen (secondary N) is 1. The molecule has 1 amide bonds. The van der Waals surface area contributed by atoms with Gasteiger partial charge in [0.2, 0.25) is 0 Å². The summed E-state index contributed by atoms with van der Waals surface area (Å²) >= 11 is 0. The van der Waals surface area contributed by atoms with Gasteiger partial charge in [-0.1, -0.05) is 25.1 Å². The van der Waals surface area contributed by atoms with Crippen LogP contribution in [0.4, 0.5) is 0 Å². The van der Waals surface area contributed by atoms with Crippen molar-refractivity contribution < 1.29 is 19.8 Å². The maximum atomic E-state index is 12.1. The molecule has 0 radical (unpaired) electrons. The van der Waals surface area contributed by atoms with Crippen LogP contribution in [0.3, 0.4) is 0 Å². The lowest BCUT2D eigenvalue weighted by Crippen LogP contribution is -2.32. The number of aromatic hydroxyl groups is 1. The first-order valence-electron chi connectivity index (χ1n) is 8.26. The number of pyridine rings is 1. The Labute approximate surface area is 155 Å². The van der Waals surface area contributed by atoms with E-state index in [9.17, 15) is 14.7 Å². The molecule has 138 valence electrons. The SMILES string of the molecule is CC(CNC(=O)c1ncc(-c2cnn(-c3ccccc3)c2)cc1O)C(=O)O. The van der Waals surface area contributed by atoms with Gasteiger partial charge in [-0.05, 0) is 18.2 Å². The summed E-state index contributed by atoms with van der Waals surface area (Å²) in [5, 5.41) is 25.7. The molecule has 3 N–H and O–H groups in total. The maximum Gasteiger partial charge on any atom is 0.308 e. The molecule has 8 heteroatoms. The summed E-state index contributed by atoms with van der Waals surface area (Å²) in [7, 11) is 0. The fourth-order valence-corrected chi connectivity index (χ4v) is 2.40. The van der Waals surface area contributed by atoms with E-state index in [0.717, 1.165) is 11.3 Å². The highest BCUT2D eigenvalue weighted by molar-refractivity contribution is 5.95. The summed E-state index contributed by atoms with van der Waals surface area (Å²) in [6, 6.07) is 11.0. The Kier molecular flexibility index (Phi) is 5.16. The number of hydrogen-bond donors (Lipinski definition) is 3. The van der Waals surface area contributed by atoms with Crippen LogP contribution in [0, 0.1) is 5.92 Å². The lowest BCUT2D eigenvalue weighted by atomic mass is 10.1. The number of para-hydroxylation sites is 1. The number of nitrogens with zero attached hydrogens (tertiary/aromatic N) is 3. The summed E-state index contributed by atoms with van der Waals surface area (Å²) in [5.74, 6) is -2.68. The Bertz CT molecular complexity index is 969. The molecule has 2 aromatic heterocycles. The van der Waals surface area contributed by atoms with E-state index in [2.05, 4.69) is 15.4 Å². The molecular weight excluding hydrogens is 348 g/mol. The van der Waals surface area contributed by atoms with Crippen molar-refractivity contribution in [3.05, 3.63) is 60.7 Å². The molecule has 0 bridgehead atoms. The fraction of sp³-hybridized carbons (Fsp3) is 0.158. The first-order valence-corrected chi connectivity index (χ1v) is 8.26. The van der Waals surface area contributed by atoms with Gasteiger partial charge in [-0.25, -0.2) is 9.67 Å². The molecule has 0 fully saturated rings. The van der Waals surface area contributed by atoms with Gasteiger partial charge >= 0.3 is 5.97 Å².